The summed E-state index contributed by atoms with van der Waals surface area (Å²) >= 11 is 2.91. The minimum atomic E-state index is 1.63. The molecule has 0 bridgehead atoms. The van der Waals surface area contributed by atoms with Gasteiger partial charge in [-0.15, -0.1) is 0 Å². The van der Waals surface area contributed by atoms with Crippen LogP contribution in [0.25, 0.3) is 0 Å². The molecule has 6 heavy (non-hydrogen) atoms. The Hall–Kier alpha value is -0.220. The van der Waals surface area contributed by atoms with E-state index in [4.69, 9.17) is 0 Å². The fourth-order valence-corrected chi connectivity index (χ4v) is 0.223. The second-order valence-corrected chi connectivity index (χ2v) is 1.04. The van der Waals surface area contributed by atoms with Gasteiger partial charge < -0.3 is 0 Å². The third-order valence-corrected chi connectivity index (χ3v) is 0.485. The monoisotopic (exact) mass is 143 g/mol. The lowest BCUT2D eigenvalue weighted by atomic mass is 10.6. The summed E-state index contributed by atoms with van der Waals surface area (Å²) in [5.41, 5.74) is 0. The molecule has 0 aliphatic carbocycles. The first-order valence-corrected chi connectivity index (χ1v) is 2.26. The lowest BCUT2D eigenvalue weighted by Gasteiger charge is -1.54. The first-order chi connectivity index (χ1) is 2.91. The molecule has 31 valence electrons. The smallest absolute Gasteiger partial charge is 0.0110 e. The molecule has 0 saturated carbocycles. The molecule has 0 heterocycles. The highest BCUT2D eigenvalue weighted by atomic mass is 79.9. The van der Waals surface area contributed by atoms with E-state index < -0.39 is 0 Å². The van der Waals surface area contributed by atoms with Crippen LogP contribution in [0.5, 0.6) is 0 Å². The predicted octanol–water partition coefficient (Wildman–Crippen LogP) is 1.73. The van der Waals surface area contributed by atoms with Crippen molar-refractivity contribution in [2.75, 3.05) is 0 Å². The molecule has 0 aliphatic heterocycles. The molecule has 0 fully saturated rings. The van der Waals surface area contributed by atoms with E-state index in [1.807, 2.05) is 0 Å². The molecule has 0 amide bonds. The van der Waals surface area contributed by atoms with Gasteiger partial charge in [0.15, 0.2) is 0 Å². The van der Waals surface area contributed by atoms with Gasteiger partial charge in [0.2, 0.25) is 0 Å². The highest BCUT2D eigenvalue weighted by Gasteiger charge is 1.47. The van der Waals surface area contributed by atoms with Crippen molar-refractivity contribution < 1.29 is 0 Å². The molecule has 0 aliphatic rings. The quantitative estimate of drug-likeness (QED) is 0.454. The van der Waals surface area contributed by atoms with Crippen LogP contribution in [-0.4, -0.2) is 0 Å². The second-order valence-electron chi connectivity index (χ2n) is 0.641. The molecular weight excluding hydrogens is 140 g/mol. The summed E-state index contributed by atoms with van der Waals surface area (Å²) in [6.45, 7) is 3.42. The lowest BCUT2D eigenvalue weighted by molar-refractivity contribution is 2.07. The van der Waals surface area contributed by atoms with Crippen molar-refractivity contribution in [1.82, 2.24) is 0 Å². The molecule has 0 unspecified atom stereocenters. The summed E-state index contributed by atoms with van der Waals surface area (Å²) in [6.07, 6.45) is 3.29. The molecule has 1 radical (unpaired) electrons. The zero-order valence-corrected chi connectivity index (χ0v) is 4.83. The van der Waals surface area contributed by atoms with Gasteiger partial charge in [-0.25, -0.2) is 0 Å². The maximum Gasteiger partial charge on any atom is 0.0110 e. The fourth-order valence-electron chi connectivity index (χ4n) is 0.0904. The van der Waals surface area contributed by atoms with E-state index in [1.165, 1.54) is 0 Å². The Morgan fingerprint density at radius 1 is 1.67 bits per heavy atom. The zero-order valence-electron chi connectivity index (χ0n) is 3.24. The minimum Gasteiger partial charge on any atom is -0.0758 e. The predicted molar refractivity (Wildman–Crippen MR) is 31.2 cm³/mol. The van der Waals surface area contributed by atoms with E-state index in [9.17, 15) is 0 Å². The van der Waals surface area contributed by atoms with Crippen molar-refractivity contribution in [3.8, 4) is 10.8 Å². The summed E-state index contributed by atoms with van der Waals surface area (Å²) in [5, 5.41) is 0. The van der Waals surface area contributed by atoms with Crippen molar-refractivity contribution >= 4 is 15.9 Å². The Labute approximate surface area is 46.4 Å². The largest absolute Gasteiger partial charge is 0.0758 e. The standard InChI is InChI=1S/C5H4Br/c1-2-3-4-5-6/h2-3H,1H2/b3-2+. The van der Waals surface area contributed by atoms with Crippen LogP contribution < -0.4 is 0 Å². The maximum absolute atomic E-state index is 3.42. The number of halogens is 1. The van der Waals surface area contributed by atoms with Crippen LogP contribution in [-0.2, 0) is 0 Å². The molecular formula is C5H4Br. The van der Waals surface area contributed by atoms with E-state index in [-0.39, 0.29) is 0 Å². The number of rotatable bonds is 0. The highest BCUT2D eigenvalue weighted by Crippen LogP contribution is 1.69. The summed E-state index contributed by atoms with van der Waals surface area (Å²) in [7, 11) is 0. The van der Waals surface area contributed by atoms with Gasteiger partial charge in [-0.05, 0) is 17.8 Å². The molecule has 0 spiro atoms. The molecule has 0 nitrogen and oxygen atoms in total. The van der Waals surface area contributed by atoms with Crippen LogP contribution in [0.2, 0.25) is 0 Å². The molecule has 1 heteroatoms. The van der Waals surface area contributed by atoms with Crippen LogP contribution in [0.1, 0.15) is 0 Å². The molecule has 0 saturated heterocycles. The first kappa shape index (κ1) is 5.78. The van der Waals surface area contributed by atoms with E-state index >= 15 is 0 Å². The maximum atomic E-state index is 3.42. The van der Waals surface area contributed by atoms with E-state index in [2.05, 4.69) is 33.6 Å². The SMILES string of the molecule is [CH2]/C=C/C#CBr. The van der Waals surface area contributed by atoms with Crippen molar-refractivity contribution in [1.29, 1.82) is 0 Å². The van der Waals surface area contributed by atoms with Crippen molar-refractivity contribution in [2.45, 2.75) is 0 Å². The summed E-state index contributed by atoms with van der Waals surface area (Å²) in [5.74, 6) is 2.62. The van der Waals surface area contributed by atoms with E-state index in [0.717, 1.165) is 0 Å². The van der Waals surface area contributed by atoms with Crippen molar-refractivity contribution in [3.63, 3.8) is 0 Å². The van der Waals surface area contributed by atoms with Crippen LogP contribution in [0, 0.1) is 17.7 Å². The van der Waals surface area contributed by atoms with E-state index in [0.29, 0.717) is 0 Å². The number of hydrogen-bond donors (Lipinski definition) is 0. The Kier molecular flexibility index (Phi) is 4.60. The van der Waals surface area contributed by atoms with Gasteiger partial charge >= 0.3 is 0 Å². The van der Waals surface area contributed by atoms with Gasteiger partial charge in [-0.1, -0.05) is 12.0 Å². The fraction of sp³-hybridized carbons (Fsp3) is 0. The van der Waals surface area contributed by atoms with Gasteiger partial charge in [0.05, 0.1) is 0 Å². The van der Waals surface area contributed by atoms with Gasteiger partial charge in [-0.3, -0.25) is 0 Å². The molecule has 0 aromatic rings. The molecule has 0 N–H and O–H groups in total. The number of hydrogen-bond acceptors (Lipinski definition) is 0. The lowest BCUT2D eigenvalue weighted by Crippen LogP contribution is -1.39. The Balaban J connectivity index is 3.24. The van der Waals surface area contributed by atoms with Crippen LogP contribution >= 0.6 is 15.9 Å². The third-order valence-electron chi connectivity index (χ3n) is 0.256. The van der Waals surface area contributed by atoms with Crippen LogP contribution in [0.3, 0.4) is 0 Å². The Morgan fingerprint density at radius 2 is 2.33 bits per heavy atom. The first-order valence-electron chi connectivity index (χ1n) is 1.47. The average molecular weight is 144 g/mol. The third kappa shape index (κ3) is 3.78. The second kappa shape index (κ2) is 4.78. The normalized spacial score (nSPS) is 7.67. The molecule has 0 aromatic carbocycles. The van der Waals surface area contributed by atoms with Crippen molar-refractivity contribution in [2.24, 2.45) is 0 Å². The Bertz CT molecular complexity index is 92.2. The molecule has 0 aromatic heterocycles. The van der Waals surface area contributed by atoms with Gasteiger partial charge in [0, 0.05) is 15.9 Å². The van der Waals surface area contributed by atoms with Gasteiger partial charge in [-0.2, -0.15) is 0 Å². The number of allylic oxidation sites excluding steroid dienone is 2. The summed E-state index contributed by atoms with van der Waals surface area (Å²) in [6, 6.07) is 0. The van der Waals surface area contributed by atoms with E-state index in [1.54, 1.807) is 12.2 Å². The average Bonchev–Trinajstić information content (AvgIpc) is 1.61. The van der Waals surface area contributed by atoms with Gasteiger partial charge in [0.25, 0.3) is 0 Å². The summed E-state index contributed by atoms with van der Waals surface area (Å²) in [4.78, 5) is 2.50. The highest BCUT2D eigenvalue weighted by molar-refractivity contribution is 9.12. The Morgan fingerprint density at radius 3 is 2.50 bits per heavy atom. The zero-order chi connectivity index (χ0) is 4.83. The molecule has 0 atom stereocenters. The van der Waals surface area contributed by atoms with Crippen LogP contribution in [0.15, 0.2) is 12.2 Å². The summed E-state index contributed by atoms with van der Waals surface area (Å²) < 4.78 is 0. The topological polar surface area (TPSA) is 0 Å². The van der Waals surface area contributed by atoms with Crippen molar-refractivity contribution in [3.05, 3.63) is 19.1 Å². The van der Waals surface area contributed by atoms with Gasteiger partial charge in [0.1, 0.15) is 0 Å². The molecule has 0 rings (SSSR count). The van der Waals surface area contributed by atoms with Crippen LogP contribution in [0.4, 0.5) is 0 Å². The minimum absolute atomic E-state index is 1.63.